The van der Waals surface area contributed by atoms with Gasteiger partial charge in [0.25, 0.3) is 0 Å². The minimum Gasteiger partial charge on any atom is -0.326 e. The van der Waals surface area contributed by atoms with E-state index < -0.39 is 10.0 Å². The third-order valence-corrected chi connectivity index (χ3v) is 6.73. The second-order valence-corrected chi connectivity index (χ2v) is 8.54. The molecule has 0 unspecified atom stereocenters. The van der Waals surface area contributed by atoms with Gasteiger partial charge in [0, 0.05) is 24.7 Å². The number of nitrogens with one attached hydrogen (secondary N) is 1. The zero-order valence-electron chi connectivity index (χ0n) is 14.9. The first-order chi connectivity index (χ1) is 12.5. The van der Waals surface area contributed by atoms with E-state index in [-0.39, 0.29) is 23.3 Å². The van der Waals surface area contributed by atoms with Gasteiger partial charge in [0.1, 0.15) is 0 Å². The fourth-order valence-electron chi connectivity index (χ4n) is 3.35. The number of sulfonamides is 1. The van der Waals surface area contributed by atoms with Crippen molar-refractivity contribution >= 4 is 21.6 Å². The van der Waals surface area contributed by atoms with E-state index in [2.05, 4.69) is 5.32 Å². The molecule has 0 aromatic heterocycles. The summed E-state index contributed by atoms with van der Waals surface area (Å²) in [7, 11) is -3.58. The van der Waals surface area contributed by atoms with Gasteiger partial charge in [-0.3, -0.25) is 4.79 Å². The monoisotopic (exact) mass is 372 g/mol. The van der Waals surface area contributed by atoms with Gasteiger partial charge in [0.2, 0.25) is 15.9 Å². The molecule has 1 N–H and O–H groups in total. The van der Waals surface area contributed by atoms with Gasteiger partial charge in [-0.1, -0.05) is 42.8 Å². The maximum Gasteiger partial charge on any atom is 0.243 e. The number of anilines is 1. The van der Waals surface area contributed by atoms with Crippen molar-refractivity contribution < 1.29 is 13.2 Å². The number of para-hydroxylation sites is 1. The Hall–Kier alpha value is -2.18. The maximum absolute atomic E-state index is 13.0. The summed E-state index contributed by atoms with van der Waals surface area (Å²) in [6, 6.07) is 15.7. The number of nitrogens with zero attached hydrogens (tertiary/aromatic N) is 1. The molecule has 2 aromatic carbocycles. The van der Waals surface area contributed by atoms with E-state index in [9.17, 15) is 13.2 Å². The first-order valence-corrected chi connectivity index (χ1v) is 10.3. The molecule has 0 aliphatic carbocycles. The summed E-state index contributed by atoms with van der Waals surface area (Å²) in [5.74, 6) is -0.153. The topological polar surface area (TPSA) is 66.5 Å². The number of carbonyl (C=O) groups excluding carboxylic acids is 1. The zero-order chi connectivity index (χ0) is 18.6. The Morgan fingerprint density at radius 1 is 1.08 bits per heavy atom. The third-order valence-electron chi connectivity index (χ3n) is 4.76. The normalized spacial score (nSPS) is 18.4. The average Bonchev–Trinajstić information content (AvgIpc) is 2.65. The zero-order valence-corrected chi connectivity index (χ0v) is 15.7. The van der Waals surface area contributed by atoms with Crippen molar-refractivity contribution in [2.24, 2.45) is 0 Å². The lowest BCUT2D eigenvalue weighted by Crippen LogP contribution is -2.45. The Bertz CT molecular complexity index is 866. The molecule has 1 heterocycles. The number of carbonyl (C=O) groups is 1. The van der Waals surface area contributed by atoms with E-state index >= 15 is 0 Å². The number of aryl methyl sites for hydroxylation is 1. The fourth-order valence-corrected chi connectivity index (χ4v) is 5.06. The highest BCUT2D eigenvalue weighted by atomic mass is 32.2. The van der Waals surface area contributed by atoms with Crippen LogP contribution in [0.4, 0.5) is 5.69 Å². The molecule has 2 aromatic rings. The standard InChI is InChI=1S/C20H24N2O3S/c1-16-9-5-6-13-19(16)21-20(23)15-17-10-7-8-14-22(17)26(24,25)18-11-3-2-4-12-18/h2-6,9,11-13,17H,7-8,10,14-15H2,1H3,(H,21,23)/t17-/m1/s1. The Morgan fingerprint density at radius 2 is 1.77 bits per heavy atom. The molecule has 1 amide bonds. The van der Waals surface area contributed by atoms with Crippen molar-refractivity contribution in [3.05, 3.63) is 60.2 Å². The molecule has 0 spiro atoms. The highest BCUT2D eigenvalue weighted by Gasteiger charge is 2.34. The first-order valence-electron chi connectivity index (χ1n) is 8.91. The van der Waals surface area contributed by atoms with Gasteiger partial charge >= 0.3 is 0 Å². The lowest BCUT2D eigenvalue weighted by Gasteiger charge is -2.34. The van der Waals surface area contributed by atoms with Gasteiger partial charge in [0.05, 0.1) is 4.90 Å². The van der Waals surface area contributed by atoms with Crippen molar-refractivity contribution in [3.8, 4) is 0 Å². The molecule has 0 saturated carbocycles. The lowest BCUT2D eigenvalue weighted by molar-refractivity contribution is -0.117. The van der Waals surface area contributed by atoms with Gasteiger partial charge in [-0.2, -0.15) is 4.31 Å². The smallest absolute Gasteiger partial charge is 0.243 e. The lowest BCUT2D eigenvalue weighted by atomic mass is 10.0. The van der Waals surface area contributed by atoms with Gasteiger partial charge in [0.15, 0.2) is 0 Å². The molecule has 26 heavy (non-hydrogen) atoms. The van der Waals surface area contributed by atoms with Crippen LogP contribution in [0.25, 0.3) is 0 Å². The van der Waals surface area contributed by atoms with Gasteiger partial charge in [-0.05, 0) is 43.5 Å². The molecule has 5 nitrogen and oxygen atoms in total. The van der Waals surface area contributed by atoms with Gasteiger partial charge < -0.3 is 5.32 Å². The summed E-state index contributed by atoms with van der Waals surface area (Å²) in [4.78, 5) is 12.8. The molecule has 1 aliphatic heterocycles. The molecule has 1 aliphatic rings. The highest BCUT2D eigenvalue weighted by molar-refractivity contribution is 7.89. The third kappa shape index (κ3) is 4.14. The number of hydrogen-bond acceptors (Lipinski definition) is 3. The SMILES string of the molecule is Cc1ccccc1NC(=O)C[C@H]1CCCCN1S(=O)(=O)c1ccccc1. The van der Waals surface area contributed by atoms with Crippen LogP contribution in [0, 0.1) is 6.92 Å². The van der Waals surface area contributed by atoms with E-state index in [1.807, 2.05) is 31.2 Å². The predicted octanol–water partition coefficient (Wildman–Crippen LogP) is 3.57. The van der Waals surface area contributed by atoms with Crippen LogP contribution in [0.1, 0.15) is 31.2 Å². The van der Waals surface area contributed by atoms with Crippen molar-refractivity contribution in [1.82, 2.24) is 4.31 Å². The fraction of sp³-hybridized carbons (Fsp3) is 0.350. The van der Waals surface area contributed by atoms with E-state index in [0.717, 1.165) is 24.1 Å². The van der Waals surface area contributed by atoms with Crippen LogP contribution in [-0.4, -0.2) is 31.2 Å². The van der Waals surface area contributed by atoms with E-state index in [4.69, 9.17) is 0 Å². The van der Waals surface area contributed by atoms with Crippen LogP contribution in [0.5, 0.6) is 0 Å². The summed E-state index contributed by atoms with van der Waals surface area (Å²) < 4.78 is 27.5. The number of rotatable bonds is 5. The molecule has 138 valence electrons. The quantitative estimate of drug-likeness (QED) is 0.872. The number of amides is 1. The summed E-state index contributed by atoms with van der Waals surface area (Å²) >= 11 is 0. The molecular weight excluding hydrogens is 348 g/mol. The average molecular weight is 372 g/mol. The summed E-state index contributed by atoms with van der Waals surface area (Å²) in [6.45, 7) is 2.39. The largest absolute Gasteiger partial charge is 0.326 e. The molecule has 0 bridgehead atoms. The van der Waals surface area contributed by atoms with E-state index in [1.54, 1.807) is 30.3 Å². The van der Waals surface area contributed by atoms with E-state index in [0.29, 0.717) is 13.0 Å². The first kappa shape index (κ1) is 18.6. The number of piperidine rings is 1. The predicted molar refractivity (Wildman–Crippen MR) is 102 cm³/mol. The van der Waals surface area contributed by atoms with Gasteiger partial charge in [-0.15, -0.1) is 0 Å². The van der Waals surface area contributed by atoms with Crippen LogP contribution >= 0.6 is 0 Å². The molecule has 3 rings (SSSR count). The van der Waals surface area contributed by atoms with Crippen molar-refractivity contribution in [2.45, 2.75) is 43.5 Å². The molecule has 0 radical (unpaired) electrons. The van der Waals surface area contributed by atoms with Crippen LogP contribution in [0.15, 0.2) is 59.5 Å². The highest BCUT2D eigenvalue weighted by Crippen LogP contribution is 2.27. The molecule has 1 fully saturated rings. The van der Waals surface area contributed by atoms with Crippen LogP contribution < -0.4 is 5.32 Å². The minimum atomic E-state index is -3.58. The second kappa shape index (κ2) is 8.01. The Balaban J connectivity index is 1.75. The van der Waals surface area contributed by atoms with Crippen molar-refractivity contribution in [2.75, 3.05) is 11.9 Å². The Morgan fingerprint density at radius 3 is 2.50 bits per heavy atom. The van der Waals surface area contributed by atoms with Crippen LogP contribution in [0.2, 0.25) is 0 Å². The number of benzene rings is 2. The number of hydrogen-bond donors (Lipinski definition) is 1. The van der Waals surface area contributed by atoms with Crippen molar-refractivity contribution in [1.29, 1.82) is 0 Å². The van der Waals surface area contributed by atoms with Crippen molar-refractivity contribution in [3.63, 3.8) is 0 Å². The Kier molecular flexibility index (Phi) is 5.74. The molecular formula is C20H24N2O3S. The van der Waals surface area contributed by atoms with E-state index in [1.165, 1.54) is 4.31 Å². The maximum atomic E-state index is 13.0. The van der Waals surface area contributed by atoms with Gasteiger partial charge in [-0.25, -0.2) is 8.42 Å². The van der Waals surface area contributed by atoms with Crippen LogP contribution in [-0.2, 0) is 14.8 Å². The molecule has 1 atom stereocenters. The summed E-state index contributed by atoms with van der Waals surface area (Å²) in [6.07, 6.45) is 2.62. The second-order valence-electron chi connectivity index (χ2n) is 6.65. The molecule has 1 saturated heterocycles. The molecule has 6 heteroatoms. The summed E-state index contributed by atoms with van der Waals surface area (Å²) in [5, 5.41) is 2.91. The summed E-state index contributed by atoms with van der Waals surface area (Å²) in [5.41, 5.74) is 1.75. The Labute approximate surface area is 155 Å². The minimum absolute atomic E-state index is 0.153. The van der Waals surface area contributed by atoms with Crippen LogP contribution in [0.3, 0.4) is 0 Å².